The van der Waals surface area contributed by atoms with Crippen LogP contribution in [-0.2, 0) is 6.54 Å². The lowest BCUT2D eigenvalue weighted by Gasteiger charge is -2.22. The van der Waals surface area contributed by atoms with Crippen LogP contribution in [0.3, 0.4) is 0 Å². The number of hydrogen-bond acceptors (Lipinski definition) is 7. The number of amides is 1. The number of aryl methyl sites for hydroxylation is 1. The third kappa shape index (κ3) is 5.12. The Labute approximate surface area is 201 Å². The highest BCUT2D eigenvalue weighted by Gasteiger charge is 2.27. The van der Waals surface area contributed by atoms with Crippen LogP contribution in [0.4, 0.5) is 15.8 Å². The number of aromatic nitrogens is 5. The summed E-state index contributed by atoms with van der Waals surface area (Å²) in [4.78, 5) is 17.4. The van der Waals surface area contributed by atoms with Gasteiger partial charge in [0, 0.05) is 18.9 Å². The van der Waals surface area contributed by atoms with Crippen LogP contribution in [-0.4, -0.2) is 53.7 Å². The number of nitriles is 1. The zero-order valence-electron chi connectivity index (χ0n) is 19.5. The molecule has 0 aliphatic rings. The third-order valence-corrected chi connectivity index (χ3v) is 5.49. The van der Waals surface area contributed by atoms with Crippen LogP contribution in [0.1, 0.15) is 36.7 Å². The van der Waals surface area contributed by atoms with Gasteiger partial charge in [0.15, 0.2) is 0 Å². The van der Waals surface area contributed by atoms with Gasteiger partial charge >= 0.3 is 0 Å². The van der Waals surface area contributed by atoms with Crippen LogP contribution in [0, 0.1) is 11.3 Å². The number of pyridine rings is 1. The molecular formula is C24H25FN8O2. The molecule has 0 radical (unpaired) electrons. The number of halogens is 1. The summed E-state index contributed by atoms with van der Waals surface area (Å²) >= 11 is 0. The van der Waals surface area contributed by atoms with Crippen molar-refractivity contribution in [1.29, 1.82) is 5.26 Å². The standard InChI is InChI=1S/C24H25FN8O2/c1-4-32-14-16(11-29-32)31-19-8-20(21-6-5-17-7-15(9-26)10-30-33(17)21)27-12-18(19)23(34)28-13-22(25)24(2,3)35/h5-8,10-12,14,22,35H,4,13H2,1-3H3,(H,27,31)(H,28,34). The van der Waals surface area contributed by atoms with Crippen LogP contribution in [0.2, 0.25) is 0 Å². The Morgan fingerprint density at radius 2 is 2.06 bits per heavy atom. The van der Waals surface area contributed by atoms with Crippen molar-refractivity contribution in [3.05, 3.63) is 60.2 Å². The van der Waals surface area contributed by atoms with Gasteiger partial charge in [0.2, 0.25) is 0 Å². The summed E-state index contributed by atoms with van der Waals surface area (Å²) in [5.41, 5.74) is 2.07. The first-order valence-electron chi connectivity index (χ1n) is 11.0. The molecule has 3 N–H and O–H groups in total. The van der Waals surface area contributed by atoms with Gasteiger partial charge in [0.05, 0.1) is 63.9 Å². The van der Waals surface area contributed by atoms with Crippen molar-refractivity contribution in [2.75, 3.05) is 11.9 Å². The largest absolute Gasteiger partial charge is 0.387 e. The van der Waals surface area contributed by atoms with Gasteiger partial charge in [-0.15, -0.1) is 0 Å². The van der Waals surface area contributed by atoms with E-state index in [1.165, 1.54) is 26.2 Å². The minimum Gasteiger partial charge on any atom is -0.387 e. The van der Waals surface area contributed by atoms with Crippen molar-refractivity contribution in [2.24, 2.45) is 0 Å². The molecule has 1 atom stereocenters. The Hall–Kier alpha value is -4.30. The lowest BCUT2D eigenvalue weighted by Crippen LogP contribution is -2.42. The van der Waals surface area contributed by atoms with Crippen molar-refractivity contribution in [3.8, 4) is 17.5 Å². The zero-order valence-corrected chi connectivity index (χ0v) is 19.5. The first kappa shape index (κ1) is 23.8. The van der Waals surface area contributed by atoms with Gasteiger partial charge < -0.3 is 15.7 Å². The van der Waals surface area contributed by atoms with E-state index in [-0.39, 0.29) is 12.1 Å². The van der Waals surface area contributed by atoms with E-state index in [2.05, 4.69) is 31.9 Å². The fraction of sp³-hybridized carbons (Fsp3) is 0.292. The molecule has 11 heteroatoms. The van der Waals surface area contributed by atoms with E-state index < -0.39 is 17.7 Å². The summed E-state index contributed by atoms with van der Waals surface area (Å²) in [7, 11) is 0. The average molecular weight is 477 g/mol. The quantitative estimate of drug-likeness (QED) is 0.356. The van der Waals surface area contributed by atoms with Crippen LogP contribution in [0.15, 0.2) is 49.1 Å². The van der Waals surface area contributed by atoms with E-state index in [0.717, 1.165) is 5.52 Å². The Bertz CT molecular complexity index is 1410. The number of carbonyl (C=O) groups excluding carboxylic acids is 1. The predicted octanol–water partition coefficient (Wildman–Crippen LogP) is 3.07. The van der Waals surface area contributed by atoms with Crippen molar-refractivity contribution < 1.29 is 14.3 Å². The molecule has 180 valence electrons. The maximum Gasteiger partial charge on any atom is 0.255 e. The second kappa shape index (κ2) is 9.52. The second-order valence-corrected chi connectivity index (χ2v) is 8.57. The van der Waals surface area contributed by atoms with Crippen LogP contribution < -0.4 is 10.6 Å². The minimum absolute atomic E-state index is 0.196. The highest BCUT2D eigenvalue weighted by molar-refractivity contribution is 6.00. The van der Waals surface area contributed by atoms with Crippen molar-refractivity contribution >= 4 is 22.8 Å². The van der Waals surface area contributed by atoms with Gasteiger partial charge in [-0.2, -0.15) is 15.5 Å². The van der Waals surface area contributed by atoms with Crippen LogP contribution in [0.25, 0.3) is 16.9 Å². The molecular weight excluding hydrogens is 451 g/mol. The Balaban J connectivity index is 1.70. The lowest BCUT2D eigenvalue weighted by molar-refractivity contribution is -0.00177. The van der Waals surface area contributed by atoms with Gasteiger partial charge in [0.25, 0.3) is 5.91 Å². The predicted molar refractivity (Wildman–Crippen MR) is 128 cm³/mol. The molecule has 1 amide bonds. The molecule has 0 spiro atoms. The SMILES string of the molecule is CCn1cc(Nc2cc(-c3ccc4cc(C#N)cnn34)ncc2C(=O)NCC(F)C(C)(C)O)cn1. The molecule has 4 aromatic heterocycles. The Morgan fingerprint density at radius 3 is 2.74 bits per heavy atom. The molecule has 0 aromatic carbocycles. The monoisotopic (exact) mass is 476 g/mol. The number of hydrogen-bond donors (Lipinski definition) is 3. The molecule has 0 saturated heterocycles. The summed E-state index contributed by atoms with van der Waals surface area (Å²) in [6.07, 6.45) is 4.65. The molecule has 0 aliphatic heterocycles. The summed E-state index contributed by atoms with van der Waals surface area (Å²) in [5, 5.41) is 33.2. The smallest absolute Gasteiger partial charge is 0.255 e. The molecule has 4 rings (SSSR count). The molecule has 10 nitrogen and oxygen atoms in total. The first-order valence-corrected chi connectivity index (χ1v) is 11.0. The summed E-state index contributed by atoms with van der Waals surface area (Å²) in [5.74, 6) is -0.543. The van der Waals surface area contributed by atoms with E-state index in [0.29, 0.717) is 34.9 Å². The highest BCUT2D eigenvalue weighted by Crippen LogP contribution is 2.27. The topological polar surface area (TPSA) is 133 Å². The minimum atomic E-state index is -1.64. The van der Waals surface area contributed by atoms with E-state index in [1.807, 2.05) is 19.1 Å². The number of carbonyl (C=O) groups is 1. The summed E-state index contributed by atoms with van der Waals surface area (Å²) in [6.45, 7) is 4.96. The number of anilines is 2. The number of aliphatic hydroxyl groups is 1. The molecule has 35 heavy (non-hydrogen) atoms. The molecule has 0 fully saturated rings. The average Bonchev–Trinajstić information content (AvgIpc) is 3.47. The lowest BCUT2D eigenvalue weighted by atomic mass is 10.0. The number of fused-ring (bicyclic) bond motifs is 1. The van der Waals surface area contributed by atoms with Crippen molar-refractivity contribution in [3.63, 3.8) is 0 Å². The van der Waals surface area contributed by atoms with Crippen LogP contribution >= 0.6 is 0 Å². The van der Waals surface area contributed by atoms with Gasteiger partial charge in [-0.1, -0.05) is 0 Å². The van der Waals surface area contributed by atoms with E-state index >= 15 is 0 Å². The maximum absolute atomic E-state index is 14.2. The molecule has 4 aromatic rings. The van der Waals surface area contributed by atoms with E-state index in [4.69, 9.17) is 5.26 Å². The van der Waals surface area contributed by atoms with Crippen molar-refractivity contribution in [2.45, 2.75) is 39.1 Å². The summed E-state index contributed by atoms with van der Waals surface area (Å²) < 4.78 is 17.6. The molecule has 0 saturated carbocycles. The van der Waals surface area contributed by atoms with E-state index in [1.54, 1.807) is 33.7 Å². The number of alkyl halides is 1. The summed E-state index contributed by atoms with van der Waals surface area (Å²) in [6, 6.07) is 9.12. The number of rotatable bonds is 8. The Kier molecular flexibility index (Phi) is 6.48. The van der Waals surface area contributed by atoms with Gasteiger partial charge in [-0.3, -0.25) is 14.5 Å². The normalized spacial score (nSPS) is 12.3. The fourth-order valence-corrected chi connectivity index (χ4v) is 3.42. The fourth-order valence-electron chi connectivity index (χ4n) is 3.42. The second-order valence-electron chi connectivity index (χ2n) is 8.57. The van der Waals surface area contributed by atoms with Crippen LogP contribution in [0.5, 0.6) is 0 Å². The Morgan fingerprint density at radius 1 is 1.26 bits per heavy atom. The number of nitrogens with zero attached hydrogens (tertiary/aromatic N) is 6. The van der Waals surface area contributed by atoms with Gasteiger partial charge in [-0.25, -0.2) is 8.91 Å². The molecule has 1 unspecified atom stereocenters. The molecule has 0 bridgehead atoms. The highest BCUT2D eigenvalue weighted by atomic mass is 19.1. The van der Waals surface area contributed by atoms with Gasteiger partial charge in [0.1, 0.15) is 12.2 Å². The first-order chi connectivity index (χ1) is 16.7. The maximum atomic E-state index is 14.2. The molecule has 4 heterocycles. The van der Waals surface area contributed by atoms with E-state index in [9.17, 15) is 14.3 Å². The number of nitrogens with one attached hydrogen (secondary N) is 2. The third-order valence-electron chi connectivity index (χ3n) is 5.49. The van der Waals surface area contributed by atoms with Crippen molar-refractivity contribution in [1.82, 2.24) is 29.7 Å². The van der Waals surface area contributed by atoms with Gasteiger partial charge in [-0.05, 0) is 45.0 Å². The zero-order chi connectivity index (χ0) is 25.2. The molecule has 0 aliphatic carbocycles.